The van der Waals surface area contributed by atoms with Gasteiger partial charge < -0.3 is 15.3 Å². The lowest BCUT2D eigenvalue weighted by Gasteiger charge is -2.46. The van der Waals surface area contributed by atoms with Gasteiger partial charge in [-0.2, -0.15) is 0 Å². The number of piperidine rings is 2. The molecule has 162 valence electrons. The first-order valence-corrected chi connectivity index (χ1v) is 10.9. The Bertz CT molecular complexity index is 803. The van der Waals surface area contributed by atoms with Gasteiger partial charge in [-0.05, 0) is 43.7 Å². The van der Waals surface area contributed by atoms with Crippen molar-refractivity contribution in [2.75, 3.05) is 13.2 Å². The van der Waals surface area contributed by atoms with E-state index in [9.17, 15) is 15.0 Å². The Balaban J connectivity index is 0.000000184. The van der Waals surface area contributed by atoms with Crippen LogP contribution in [-0.4, -0.2) is 51.4 Å². The highest BCUT2D eigenvalue weighted by Gasteiger charge is 2.40. The first kappa shape index (κ1) is 22.5. The van der Waals surface area contributed by atoms with Crippen molar-refractivity contribution in [3.8, 4) is 0 Å². The van der Waals surface area contributed by atoms with Crippen LogP contribution < -0.4 is 0 Å². The Hall–Kier alpha value is -2.21. The van der Waals surface area contributed by atoms with Crippen molar-refractivity contribution >= 4 is 5.97 Å². The third kappa shape index (κ3) is 4.75. The summed E-state index contributed by atoms with van der Waals surface area (Å²) >= 11 is 0. The van der Waals surface area contributed by atoms with Gasteiger partial charge in [0.05, 0.1) is 6.61 Å². The maximum atomic E-state index is 11.5. The smallest absolute Gasteiger partial charge is 0.345 e. The summed E-state index contributed by atoms with van der Waals surface area (Å²) in [5, 5.41) is 29.0. The average Bonchev–Trinajstić information content (AvgIpc) is 2.75. The molecule has 2 aliphatic rings. The normalized spacial score (nSPS) is 23.0. The van der Waals surface area contributed by atoms with E-state index in [0.29, 0.717) is 17.7 Å². The van der Waals surface area contributed by atoms with E-state index in [1.54, 1.807) is 55.5 Å². The molecule has 2 bridgehead atoms. The molecule has 1 unspecified atom stereocenters. The van der Waals surface area contributed by atoms with Crippen LogP contribution in [0.15, 0.2) is 54.6 Å². The van der Waals surface area contributed by atoms with Crippen molar-refractivity contribution in [1.82, 2.24) is 4.90 Å². The van der Waals surface area contributed by atoms with Crippen molar-refractivity contribution < 1.29 is 20.1 Å². The maximum Gasteiger partial charge on any atom is 0.345 e. The van der Waals surface area contributed by atoms with Gasteiger partial charge in [-0.1, -0.05) is 67.4 Å². The number of carboxylic acids is 1. The van der Waals surface area contributed by atoms with Crippen LogP contribution in [0.5, 0.6) is 0 Å². The second kappa shape index (κ2) is 10.2. The summed E-state index contributed by atoms with van der Waals surface area (Å²) in [5.41, 5.74) is -0.520. The van der Waals surface area contributed by atoms with E-state index in [2.05, 4.69) is 4.90 Å². The first-order chi connectivity index (χ1) is 14.5. The van der Waals surface area contributed by atoms with E-state index in [0.717, 1.165) is 24.2 Å². The molecular formula is C25H33NO4. The average molecular weight is 412 g/mol. The number of hydrogen-bond acceptors (Lipinski definition) is 4. The van der Waals surface area contributed by atoms with Crippen LogP contribution in [0.2, 0.25) is 0 Å². The maximum absolute atomic E-state index is 11.5. The van der Waals surface area contributed by atoms with Gasteiger partial charge in [-0.3, -0.25) is 4.90 Å². The zero-order chi connectivity index (χ0) is 21.6. The molecule has 2 aromatic carbocycles. The molecule has 0 spiro atoms. The lowest BCUT2D eigenvalue weighted by atomic mass is 9.84. The molecule has 0 amide bonds. The molecule has 2 heterocycles. The van der Waals surface area contributed by atoms with E-state index in [-0.39, 0.29) is 0 Å². The van der Waals surface area contributed by atoms with Crippen LogP contribution in [0.3, 0.4) is 0 Å². The number of aliphatic hydroxyl groups excluding tert-OH is 1. The molecule has 2 aromatic rings. The number of nitrogens with zero attached hydrogens (tertiary/aromatic N) is 1. The number of carbonyl (C=O) groups is 1. The summed E-state index contributed by atoms with van der Waals surface area (Å²) in [7, 11) is 0. The Morgan fingerprint density at radius 1 is 0.967 bits per heavy atom. The highest BCUT2D eigenvalue weighted by molar-refractivity contribution is 5.84. The fourth-order valence-corrected chi connectivity index (χ4v) is 4.96. The van der Waals surface area contributed by atoms with Crippen LogP contribution in [0.1, 0.15) is 55.2 Å². The molecule has 1 atom stereocenters. The number of benzene rings is 2. The fourth-order valence-electron chi connectivity index (χ4n) is 4.96. The van der Waals surface area contributed by atoms with Crippen molar-refractivity contribution in [2.45, 2.75) is 63.1 Å². The summed E-state index contributed by atoms with van der Waals surface area (Å²) < 4.78 is 0. The second-order valence-electron chi connectivity index (χ2n) is 8.33. The number of hydrogen-bond donors (Lipinski definition) is 3. The largest absolute Gasteiger partial charge is 0.479 e. The summed E-state index contributed by atoms with van der Waals surface area (Å²) in [5.74, 6) is -1.27. The molecule has 4 rings (SSSR count). The number of carboxylic acid groups (broad SMARTS) is 1. The van der Waals surface area contributed by atoms with Gasteiger partial charge in [0.1, 0.15) is 0 Å². The number of aliphatic carboxylic acids is 1. The highest BCUT2D eigenvalue weighted by Crippen LogP contribution is 2.33. The Morgan fingerprint density at radius 3 is 2.00 bits per heavy atom. The summed E-state index contributed by atoms with van der Waals surface area (Å²) in [6.07, 6.45) is 8.31. The summed E-state index contributed by atoms with van der Waals surface area (Å²) in [6.45, 7) is 3.04. The monoisotopic (exact) mass is 411 g/mol. The third-order valence-electron chi connectivity index (χ3n) is 6.48. The lowest BCUT2D eigenvalue weighted by molar-refractivity contribution is -0.155. The van der Waals surface area contributed by atoms with Gasteiger partial charge in [0.2, 0.25) is 5.60 Å². The molecule has 0 radical (unpaired) electrons. The third-order valence-corrected chi connectivity index (χ3v) is 6.48. The van der Waals surface area contributed by atoms with E-state index >= 15 is 0 Å². The molecule has 5 heteroatoms. The molecule has 3 N–H and O–H groups in total. The fraction of sp³-hybridized carbons (Fsp3) is 0.480. The molecule has 2 fully saturated rings. The van der Waals surface area contributed by atoms with Gasteiger partial charge in [0.15, 0.2) is 0 Å². The Kier molecular flexibility index (Phi) is 7.64. The van der Waals surface area contributed by atoms with E-state index in [4.69, 9.17) is 5.11 Å². The predicted octanol–water partition coefficient (Wildman–Crippen LogP) is 3.70. The van der Waals surface area contributed by atoms with Crippen molar-refractivity contribution in [3.05, 3.63) is 71.3 Å². The molecule has 0 saturated carbocycles. The zero-order valence-electron chi connectivity index (χ0n) is 17.7. The number of rotatable bonds is 5. The second-order valence-corrected chi connectivity index (χ2v) is 8.33. The Labute approximate surface area is 179 Å². The quantitative estimate of drug-likeness (QED) is 0.699. The van der Waals surface area contributed by atoms with Crippen molar-refractivity contribution in [2.24, 2.45) is 0 Å². The molecule has 5 nitrogen and oxygen atoms in total. The van der Waals surface area contributed by atoms with Crippen LogP contribution in [0.25, 0.3) is 0 Å². The first-order valence-electron chi connectivity index (χ1n) is 10.9. The lowest BCUT2D eigenvalue weighted by Crippen LogP contribution is -2.50. The van der Waals surface area contributed by atoms with Gasteiger partial charge in [-0.15, -0.1) is 0 Å². The highest BCUT2D eigenvalue weighted by atomic mass is 16.4. The van der Waals surface area contributed by atoms with Gasteiger partial charge >= 0.3 is 5.97 Å². The van der Waals surface area contributed by atoms with Crippen molar-refractivity contribution in [3.63, 3.8) is 0 Å². The molecule has 0 aromatic heterocycles. The van der Waals surface area contributed by atoms with E-state index in [1.165, 1.54) is 38.5 Å². The van der Waals surface area contributed by atoms with Gasteiger partial charge in [0, 0.05) is 24.2 Å². The Morgan fingerprint density at radius 2 is 1.50 bits per heavy atom. The minimum atomic E-state index is -2.01. The van der Waals surface area contributed by atoms with Crippen LogP contribution in [-0.2, 0) is 10.4 Å². The number of aliphatic hydroxyl groups is 2. The van der Waals surface area contributed by atoms with Crippen molar-refractivity contribution in [1.29, 1.82) is 0 Å². The minimum Gasteiger partial charge on any atom is -0.479 e. The standard InChI is InChI=1S/C15H14O3.C10H19NO/c1-11-7-5-6-10-13(11)15(18,14(16)17)12-8-3-2-4-9-12;12-8-7-11-9-3-1-4-10(11)6-2-5-9/h2-10,18H,1H3,(H,16,17);9-10,12H,1-8H2. The summed E-state index contributed by atoms with van der Waals surface area (Å²) in [6, 6.07) is 17.0. The van der Waals surface area contributed by atoms with Gasteiger partial charge in [-0.25, -0.2) is 4.79 Å². The SMILES string of the molecule is Cc1ccccc1C(O)(C(=O)O)c1ccccc1.OCCN1C2CCCC1CCC2. The van der Waals surface area contributed by atoms with Gasteiger partial charge in [0.25, 0.3) is 0 Å². The minimum absolute atomic E-state index is 0.340. The van der Waals surface area contributed by atoms with E-state index in [1.807, 2.05) is 6.07 Å². The van der Waals surface area contributed by atoms with E-state index < -0.39 is 11.6 Å². The number of aryl methyl sites for hydroxylation is 1. The number of fused-ring (bicyclic) bond motifs is 2. The topological polar surface area (TPSA) is 81.0 Å². The molecule has 2 saturated heterocycles. The predicted molar refractivity (Wildman–Crippen MR) is 117 cm³/mol. The molecule has 2 aliphatic heterocycles. The summed E-state index contributed by atoms with van der Waals surface area (Å²) in [4.78, 5) is 14.1. The van der Waals surface area contributed by atoms with Crippen LogP contribution >= 0.6 is 0 Å². The molecule has 0 aliphatic carbocycles. The van der Waals surface area contributed by atoms with Crippen LogP contribution in [0.4, 0.5) is 0 Å². The zero-order valence-corrected chi connectivity index (χ0v) is 17.7. The molecule has 30 heavy (non-hydrogen) atoms. The molecular weight excluding hydrogens is 378 g/mol. The van der Waals surface area contributed by atoms with Crippen LogP contribution in [0, 0.1) is 6.92 Å².